The smallest absolute Gasteiger partial charge is 0.392 e. The topological polar surface area (TPSA) is 36.0 Å². The van der Waals surface area contributed by atoms with E-state index < -0.39 is 18.3 Å². The molecule has 80 valence electrons. The number of H-pyrrole nitrogens is 1. The lowest BCUT2D eigenvalue weighted by molar-refractivity contribution is -0.136. The zero-order valence-corrected chi connectivity index (χ0v) is 7.52. The van der Waals surface area contributed by atoms with E-state index in [2.05, 4.69) is 4.98 Å². The maximum atomic E-state index is 12.7. The van der Waals surface area contributed by atoms with E-state index in [1.165, 1.54) is 12.1 Å². The first-order valence-electron chi connectivity index (χ1n) is 4.73. The number of aliphatic hydroxyl groups is 1. The number of halogens is 3. The van der Waals surface area contributed by atoms with Gasteiger partial charge in [-0.3, -0.25) is 0 Å². The quantitative estimate of drug-likeness (QED) is 0.755. The number of aliphatic hydroxyl groups excluding tert-OH is 1. The third-order valence-corrected chi connectivity index (χ3v) is 2.18. The lowest BCUT2D eigenvalue weighted by atomic mass is 10.1. The van der Waals surface area contributed by atoms with Crippen molar-refractivity contribution in [3.8, 4) is 0 Å². The van der Waals surface area contributed by atoms with E-state index in [1.54, 1.807) is 0 Å². The zero-order valence-electron chi connectivity index (χ0n) is 8.52. The third-order valence-electron chi connectivity index (χ3n) is 2.18. The molecule has 2 N–H and O–H groups in total. The van der Waals surface area contributed by atoms with Crippen molar-refractivity contribution in [3.05, 3.63) is 35.5 Å². The van der Waals surface area contributed by atoms with Crippen LogP contribution in [-0.4, -0.2) is 10.1 Å². The van der Waals surface area contributed by atoms with Gasteiger partial charge in [-0.05, 0) is 12.1 Å². The fourth-order valence-corrected chi connectivity index (χ4v) is 1.54. The van der Waals surface area contributed by atoms with Gasteiger partial charge in [-0.25, -0.2) is 0 Å². The molecule has 0 bridgehead atoms. The zero-order chi connectivity index (χ0) is 11.9. The predicted molar refractivity (Wildman–Crippen MR) is 49.2 cm³/mol. The van der Waals surface area contributed by atoms with E-state index in [-0.39, 0.29) is 22.6 Å². The Morgan fingerprint density at radius 1 is 1.40 bits per heavy atom. The van der Waals surface area contributed by atoms with Gasteiger partial charge >= 0.3 is 6.18 Å². The number of aromatic nitrogens is 1. The summed E-state index contributed by atoms with van der Waals surface area (Å²) in [5, 5.41) is 8.87. The van der Waals surface area contributed by atoms with Crippen molar-refractivity contribution in [1.82, 2.24) is 4.98 Å². The first-order chi connectivity index (χ1) is 7.45. The molecule has 0 fully saturated rings. The van der Waals surface area contributed by atoms with Crippen LogP contribution in [0.3, 0.4) is 0 Å². The van der Waals surface area contributed by atoms with Crippen molar-refractivity contribution in [3.63, 3.8) is 0 Å². The molecule has 1 heterocycles. The molecule has 0 saturated heterocycles. The van der Waals surface area contributed by atoms with Crippen molar-refractivity contribution in [1.29, 1.82) is 0 Å². The molecular weight excluding hydrogens is 207 g/mol. The SMILES string of the molecule is [2H]c1[nH]c2cccc(C(F)(F)F)c2c1CO. The van der Waals surface area contributed by atoms with Gasteiger partial charge in [0, 0.05) is 22.6 Å². The van der Waals surface area contributed by atoms with E-state index in [1.807, 2.05) is 0 Å². The van der Waals surface area contributed by atoms with Crippen LogP contribution in [0, 0.1) is 0 Å². The molecule has 2 rings (SSSR count). The van der Waals surface area contributed by atoms with Gasteiger partial charge in [0.25, 0.3) is 0 Å². The van der Waals surface area contributed by atoms with Crippen LogP contribution >= 0.6 is 0 Å². The van der Waals surface area contributed by atoms with E-state index in [9.17, 15) is 13.2 Å². The summed E-state index contributed by atoms with van der Waals surface area (Å²) in [6.07, 6.45) is -4.67. The van der Waals surface area contributed by atoms with Crippen molar-refractivity contribution < 1.29 is 19.6 Å². The molecule has 0 aliphatic rings. The molecule has 2 nitrogen and oxygen atoms in total. The molecule has 5 heteroatoms. The molecular formula is C10H8F3NO. The highest BCUT2D eigenvalue weighted by atomic mass is 19.4. The van der Waals surface area contributed by atoms with Crippen LogP contribution in [0.25, 0.3) is 10.9 Å². The minimum Gasteiger partial charge on any atom is -0.392 e. The van der Waals surface area contributed by atoms with Crippen LogP contribution < -0.4 is 0 Å². The second-order valence-corrected chi connectivity index (χ2v) is 3.11. The third kappa shape index (κ3) is 1.59. The van der Waals surface area contributed by atoms with Crippen molar-refractivity contribution in [2.75, 3.05) is 0 Å². The van der Waals surface area contributed by atoms with E-state index in [0.717, 1.165) is 6.07 Å². The monoisotopic (exact) mass is 216 g/mol. The summed E-state index contributed by atoms with van der Waals surface area (Å²) >= 11 is 0. The molecule has 0 aliphatic carbocycles. The Balaban J connectivity index is 2.85. The lowest BCUT2D eigenvalue weighted by Gasteiger charge is -2.08. The standard InChI is InChI=1S/C10H8F3NO/c11-10(12,13)7-2-1-3-8-9(7)6(5-15)4-14-8/h1-4,14-15H,5H2/i4D. The summed E-state index contributed by atoms with van der Waals surface area (Å²) in [5.41, 5.74) is -0.643. The number of benzene rings is 1. The summed E-state index contributed by atoms with van der Waals surface area (Å²) in [6, 6.07) is 3.65. The summed E-state index contributed by atoms with van der Waals surface area (Å²) < 4.78 is 45.5. The van der Waals surface area contributed by atoms with E-state index in [4.69, 9.17) is 6.48 Å². The van der Waals surface area contributed by atoms with E-state index >= 15 is 0 Å². The number of rotatable bonds is 1. The highest BCUT2D eigenvalue weighted by molar-refractivity contribution is 5.87. The summed E-state index contributed by atoms with van der Waals surface area (Å²) in [5.74, 6) is 0. The number of aromatic amines is 1. The normalized spacial score (nSPS) is 13.2. The molecule has 2 aromatic rings. The Hall–Kier alpha value is -1.49. The molecule has 1 aromatic heterocycles. The van der Waals surface area contributed by atoms with Crippen molar-refractivity contribution in [2.45, 2.75) is 12.8 Å². The number of hydrogen-bond donors (Lipinski definition) is 2. The predicted octanol–water partition coefficient (Wildman–Crippen LogP) is 2.68. The fourth-order valence-electron chi connectivity index (χ4n) is 1.54. The van der Waals surface area contributed by atoms with Gasteiger partial charge in [0.2, 0.25) is 0 Å². The number of hydrogen-bond acceptors (Lipinski definition) is 1. The first kappa shape index (κ1) is 8.79. The van der Waals surface area contributed by atoms with Crippen LogP contribution in [-0.2, 0) is 12.8 Å². The minimum absolute atomic E-state index is 0.0251. The van der Waals surface area contributed by atoms with Crippen molar-refractivity contribution in [2.24, 2.45) is 0 Å². The van der Waals surface area contributed by atoms with Gasteiger partial charge in [0.1, 0.15) is 0 Å². The molecule has 1 aromatic carbocycles. The Kier molecular flexibility index (Phi) is 1.92. The van der Waals surface area contributed by atoms with Gasteiger partial charge in [-0.15, -0.1) is 0 Å². The molecule has 0 atom stereocenters. The maximum Gasteiger partial charge on any atom is 0.417 e. The molecule has 15 heavy (non-hydrogen) atoms. The average Bonchev–Trinajstić information content (AvgIpc) is 2.51. The molecule has 0 amide bonds. The Labute approximate surface area is 84.7 Å². The van der Waals surface area contributed by atoms with E-state index in [0.29, 0.717) is 0 Å². The Morgan fingerprint density at radius 3 is 2.73 bits per heavy atom. The van der Waals surface area contributed by atoms with Crippen LogP contribution in [0.1, 0.15) is 12.5 Å². The van der Waals surface area contributed by atoms with Crippen LogP contribution in [0.15, 0.2) is 24.4 Å². The lowest BCUT2D eigenvalue weighted by Crippen LogP contribution is -2.05. The minimum atomic E-state index is -4.49. The van der Waals surface area contributed by atoms with Crippen LogP contribution in [0.5, 0.6) is 0 Å². The molecule has 0 saturated carbocycles. The van der Waals surface area contributed by atoms with Crippen LogP contribution in [0.2, 0.25) is 0 Å². The maximum absolute atomic E-state index is 12.7. The molecule has 0 aliphatic heterocycles. The highest BCUT2D eigenvalue weighted by Crippen LogP contribution is 2.36. The summed E-state index contributed by atoms with van der Waals surface area (Å²) in [4.78, 5) is 2.50. The van der Waals surface area contributed by atoms with Gasteiger partial charge in [0.15, 0.2) is 0 Å². The number of alkyl halides is 3. The Morgan fingerprint density at radius 2 is 2.13 bits per heavy atom. The molecule has 0 unspecified atom stereocenters. The first-order valence-corrected chi connectivity index (χ1v) is 4.23. The van der Waals surface area contributed by atoms with Gasteiger partial charge in [-0.1, -0.05) is 6.07 Å². The second kappa shape index (κ2) is 3.27. The Bertz CT molecular complexity index is 533. The summed E-state index contributed by atoms with van der Waals surface area (Å²) in [7, 11) is 0. The van der Waals surface area contributed by atoms with Gasteiger partial charge < -0.3 is 10.1 Å². The second-order valence-electron chi connectivity index (χ2n) is 3.11. The van der Waals surface area contributed by atoms with Crippen LogP contribution in [0.4, 0.5) is 13.2 Å². The molecule has 0 spiro atoms. The largest absolute Gasteiger partial charge is 0.417 e. The highest BCUT2D eigenvalue weighted by Gasteiger charge is 2.33. The van der Waals surface area contributed by atoms with Crippen molar-refractivity contribution >= 4 is 10.9 Å². The fraction of sp³-hybridized carbons (Fsp3) is 0.200. The van der Waals surface area contributed by atoms with Gasteiger partial charge in [-0.2, -0.15) is 13.2 Å². The number of fused-ring (bicyclic) bond motifs is 1. The average molecular weight is 216 g/mol. The van der Waals surface area contributed by atoms with Gasteiger partial charge in [0.05, 0.1) is 13.5 Å². The molecule has 0 radical (unpaired) electrons. The summed E-state index contributed by atoms with van der Waals surface area (Å²) in [6.45, 7) is -0.591. The number of nitrogens with one attached hydrogen (secondary N) is 1.